The first-order valence-electron chi connectivity index (χ1n) is 9.59. The maximum absolute atomic E-state index is 13.2. The highest BCUT2D eigenvalue weighted by atomic mass is 35.5. The monoisotopic (exact) mass is 460 g/mol. The van der Waals surface area contributed by atoms with Gasteiger partial charge in [0.2, 0.25) is 5.91 Å². The second-order valence-electron chi connectivity index (χ2n) is 6.86. The topological polar surface area (TPSA) is 122 Å². The highest BCUT2D eigenvalue weighted by Crippen LogP contribution is 2.27. The molecule has 1 aromatic carbocycles. The van der Waals surface area contributed by atoms with Crippen LogP contribution in [0, 0.1) is 6.92 Å². The van der Waals surface area contributed by atoms with Gasteiger partial charge < -0.3 is 14.8 Å². The Morgan fingerprint density at radius 2 is 1.94 bits per heavy atom. The van der Waals surface area contributed by atoms with Crippen LogP contribution in [0.4, 0.5) is 5.69 Å². The fourth-order valence-electron chi connectivity index (χ4n) is 3.22. The SMILES string of the molecule is CCOC(=O)c1cc(C)nc2c1c(=O)n(CC(=O)Nc1cc(Cl)ccc1OC)c(=O)n2C. The minimum absolute atomic E-state index is 0.0243. The number of aryl methyl sites for hydroxylation is 2. The van der Waals surface area contributed by atoms with Crippen LogP contribution < -0.4 is 21.3 Å². The van der Waals surface area contributed by atoms with Crippen LogP contribution in [0.5, 0.6) is 5.75 Å². The summed E-state index contributed by atoms with van der Waals surface area (Å²) < 4.78 is 12.1. The zero-order valence-corrected chi connectivity index (χ0v) is 18.6. The van der Waals surface area contributed by atoms with Gasteiger partial charge in [-0.15, -0.1) is 0 Å². The summed E-state index contributed by atoms with van der Waals surface area (Å²) >= 11 is 5.97. The van der Waals surface area contributed by atoms with E-state index in [4.69, 9.17) is 21.1 Å². The molecule has 0 radical (unpaired) electrons. The molecule has 0 aliphatic carbocycles. The number of fused-ring (bicyclic) bond motifs is 1. The molecule has 1 N–H and O–H groups in total. The Kier molecular flexibility index (Phi) is 6.64. The normalized spacial score (nSPS) is 10.8. The van der Waals surface area contributed by atoms with Crippen molar-refractivity contribution in [2.24, 2.45) is 7.05 Å². The molecular weight excluding hydrogens is 440 g/mol. The molecule has 11 heteroatoms. The molecule has 3 aromatic rings. The van der Waals surface area contributed by atoms with E-state index < -0.39 is 29.7 Å². The van der Waals surface area contributed by atoms with E-state index in [1.807, 2.05) is 0 Å². The molecule has 32 heavy (non-hydrogen) atoms. The third-order valence-corrected chi connectivity index (χ3v) is 4.89. The molecule has 2 aromatic heterocycles. The maximum atomic E-state index is 13.2. The maximum Gasteiger partial charge on any atom is 0.339 e. The van der Waals surface area contributed by atoms with Crippen LogP contribution in [0.2, 0.25) is 5.02 Å². The van der Waals surface area contributed by atoms with Crippen LogP contribution >= 0.6 is 11.6 Å². The Morgan fingerprint density at radius 3 is 2.59 bits per heavy atom. The molecule has 10 nitrogen and oxygen atoms in total. The highest BCUT2D eigenvalue weighted by molar-refractivity contribution is 6.31. The fraction of sp³-hybridized carbons (Fsp3) is 0.286. The molecule has 0 aliphatic heterocycles. The number of amides is 1. The van der Waals surface area contributed by atoms with Crippen molar-refractivity contribution >= 4 is 40.2 Å². The molecule has 0 spiro atoms. The van der Waals surface area contributed by atoms with Crippen molar-refractivity contribution in [2.45, 2.75) is 20.4 Å². The summed E-state index contributed by atoms with van der Waals surface area (Å²) in [6.07, 6.45) is 0. The standard InChI is InChI=1S/C21H21ClN4O6/c1-5-32-20(29)13-8-11(2)23-18-17(13)19(28)26(21(30)25(18)3)10-16(27)24-14-9-12(22)6-7-15(14)31-4/h6-9H,5,10H2,1-4H3,(H,24,27). The minimum atomic E-state index is -0.827. The Balaban J connectivity index is 2.11. The third-order valence-electron chi connectivity index (χ3n) is 4.66. The van der Waals surface area contributed by atoms with Crippen molar-refractivity contribution in [3.05, 3.63) is 61.4 Å². The summed E-state index contributed by atoms with van der Waals surface area (Å²) in [5.74, 6) is -1.04. The minimum Gasteiger partial charge on any atom is -0.495 e. The zero-order valence-electron chi connectivity index (χ0n) is 17.9. The van der Waals surface area contributed by atoms with Crippen LogP contribution in [0.3, 0.4) is 0 Å². The molecule has 0 unspecified atom stereocenters. The van der Waals surface area contributed by atoms with E-state index >= 15 is 0 Å². The smallest absolute Gasteiger partial charge is 0.339 e. The first kappa shape index (κ1) is 23.0. The van der Waals surface area contributed by atoms with Gasteiger partial charge in [-0.1, -0.05) is 11.6 Å². The number of benzene rings is 1. The lowest BCUT2D eigenvalue weighted by molar-refractivity contribution is -0.116. The van der Waals surface area contributed by atoms with Crippen molar-refractivity contribution in [1.29, 1.82) is 0 Å². The lowest BCUT2D eigenvalue weighted by atomic mass is 10.1. The van der Waals surface area contributed by atoms with Gasteiger partial charge in [0, 0.05) is 17.8 Å². The quantitative estimate of drug-likeness (QED) is 0.557. The Morgan fingerprint density at radius 1 is 1.22 bits per heavy atom. The summed E-state index contributed by atoms with van der Waals surface area (Å²) in [7, 11) is 2.83. The number of methoxy groups -OCH3 is 1. The molecule has 3 rings (SSSR count). The summed E-state index contributed by atoms with van der Waals surface area (Å²) in [4.78, 5) is 55.4. The summed E-state index contributed by atoms with van der Waals surface area (Å²) in [5.41, 5.74) is -0.883. The van der Waals surface area contributed by atoms with Gasteiger partial charge in [0.05, 0.1) is 30.4 Å². The zero-order chi connectivity index (χ0) is 23.6. The van der Waals surface area contributed by atoms with Gasteiger partial charge in [0.25, 0.3) is 5.56 Å². The Bertz CT molecular complexity index is 1340. The number of nitrogens with zero attached hydrogens (tertiary/aromatic N) is 3. The largest absolute Gasteiger partial charge is 0.495 e. The number of carbonyl (C=O) groups is 2. The van der Waals surface area contributed by atoms with Crippen LogP contribution in [0.1, 0.15) is 23.0 Å². The predicted octanol–water partition coefficient (Wildman–Crippen LogP) is 1.88. The summed E-state index contributed by atoms with van der Waals surface area (Å²) in [6, 6.07) is 6.04. The van der Waals surface area contributed by atoms with Crippen molar-refractivity contribution in [3.63, 3.8) is 0 Å². The second kappa shape index (κ2) is 9.23. The number of anilines is 1. The van der Waals surface area contributed by atoms with E-state index in [0.717, 1.165) is 9.13 Å². The summed E-state index contributed by atoms with van der Waals surface area (Å²) in [6.45, 7) is 2.76. The molecular formula is C21H21ClN4O6. The van der Waals surface area contributed by atoms with Gasteiger partial charge in [-0.05, 0) is 38.1 Å². The number of nitrogens with one attached hydrogen (secondary N) is 1. The van der Waals surface area contributed by atoms with Crippen LogP contribution in [0.25, 0.3) is 11.0 Å². The van der Waals surface area contributed by atoms with Crippen molar-refractivity contribution in [2.75, 3.05) is 19.0 Å². The lowest BCUT2D eigenvalue weighted by Gasteiger charge is -2.14. The first-order valence-corrected chi connectivity index (χ1v) is 9.97. The molecule has 2 heterocycles. The molecule has 0 atom stereocenters. The number of pyridine rings is 1. The number of hydrogen-bond acceptors (Lipinski definition) is 7. The molecule has 0 saturated heterocycles. The number of esters is 1. The Labute approximate surface area is 187 Å². The van der Waals surface area contributed by atoms with E-state index in [1.54, 1.807) is 26.0 Å². The average Bonchev–Trinajstić information content (AvgIpc) is 2.75. The number of carbonyl (C=O) groups excluding carboxylic acids is 2. The molecule has 0 fully saturated rings. The van der Waals surface area contributed by atoms with Crippen molar-refractivity contribution in [3.8, 4) is 5.75 Å². The van der Waals surface area contributed by atoms with E-state index in [2.05, 4.69) is 10.3 Å². The van der Waals surface area contributed by atoms with Gasteiger partial charge in [0.1, 0.15) is 17.9 Å². The highest BCUT2D eigenvalue weighted by Gasteiger charge is 2.22. The van der Waals surface area contributed by atoms with Crippen molar-refractivity contribution in [1.82, 2.24) is 14.1 Å². The van der Waals surface area contributed by atoms with E-state index in [0.29, 0.717) is 16.5 Å². The number of ether oxygens (including phenoxy) is 2. The van der Waals surface area contributed by atoms with Crippen molar-refractivity contribution < 1.29 is 19.1 Å². The summed E-state index contributed by atoms with van der Waals surface area (Å²) in [5, 5.41) is 2.83. The number of halogens is 1. The van der Waals surface area contributed by atoms with E-state index in [9.17, 15) is 19.2 Å². The number of hydrogen-bond donors (Lipinski definition) is 1. The number of aromatic nitrogens is 3. The van der Waals surface area contributed by atoms with Gasteiger partial charge >= 0.3 is 11.7 Å². The molecule has 0 saturated carbocycles. The third kappa shape index (κ3) is 4.35. The average molecular weight is 461 g/mol. The molecule has 168 valence electrons. The predicted molar refractivity (Wildman–Crippen MR) is 119 cm³/mol. The van der Waals surface area contributed by atoms with Crippen LogP contribution in [-0.2, 0) is 23.1 Å². The second-order valence-corrected chi connectivity index (χ2v) is 7.29. The molecule has 0 aliphatic rings. The number of rotatable bonds is 6. The van der Waals surface area contributed by atoms with Gasteiger partial charge in [-0.2, -0.15) is 0 Å². The Hall–Kier alpha value is -3.66. The van der Waals surface area contributed by atoms with Gasteiger partial charge in [0.15, 0.2) is 0 Å². The first-order chi connectivity index (χ1) is 15.2. The van der Waals surface area contributed by atoms with Crippen LogP contribution in [0.15, 0.2) is 33.9 Å². The van der Waals surface area contributed by atoms with Gasteiger partial charge in [-0.25, -0.2) is 14.6 Å². The molecule has 0 bridgehead atoms. The van der Waals surface area contributed by atoms with Crippen LogP contribution in [-0.4, -0.2) is 39.7 Å². The van der Waals surface area contributed by atoms with E-state index in [1.165, 1.54) is 26.3 Å². The van der Waals surface area contributed by atoms with E-state index in [-0.39, 0.29) is 28.9 Å². The molecule has 1 amide bonds. The fourth-order valence-corrected chi connectivity index (χ4v) is 3.40. The van der Waals surface area contributed by atoms with Gasteiger partial charge in [-0.3, -0.25) is 18.7 Å². The lowest BCUT2D eigenvalue weighted by Crippen LogP contribution is -2.42.